The van der Waals surface area contributed by atoms with E-state index < -0.39 is 0 Å². The number of nitrogen functional groups attached to an aromatic ring is 1. The van der Waals surface area contributed by atoms with E-state index in [2.05, 4.69) is 20.1 Å². The average Bonchev–Trinajstić information content (AvgIpc) is 2.82. The zero-order valence-corrected chi connectivity index (χ0v) is 8.60. The zero-order valence-electron chi connectivity index (χ0n) is 8.60. The zero-order chi connectivity index (χ0) is 11.2. The molecule has 2 aromatic rings. The summed E-state index contributed by atoms with van der Waals surface area (Å²) in [5.74, 6) is 1.21. The molecule has 0 spiro atoms. The van der Waals surface area contributed by atoms with E-state index in [0.29, 0.717) is 11.6 Å². The van der Waals surface area contributed by atoms with Crippen LogP contribution in [-0.2, 0) is 5.54 Å². The summed E-state index contributed by atoms with van der Waals surface area (Å²) < 4.78 is 4.93. The summed E-state index contributed by atoms with van der Waals surface area (Å²) in [7, 11) is 0. The van der Waals surface area contributed by atoms with Crippen molar-refractivity contribution in [2.45, 2.75) is 24.8 Å². The first-order valence-electron chi connectivity index (χ1n) is 5.11. The minimum absolute atomic E-state index is 0.109. The van der Waals surface area contributed by atoms with E-state index in [1.165, 1.54) is 0 Å². The smallest absolute Gasteiger partial charge is 0.277 e. The van der Waals surface area contributed by atoms with E-state index in [0.717, 1.165) is 25.1 Å². The number of nitrogens with zero attached hydrogens (tertiary/aromatic N) is 3. The van der Waals surface area contributed by atoms with Crippen LogP contribution in [-0.4, -0.2) is 20.1 Å². The van der Waals surface area contributed by atoms with Crippen LogP contribution in [0.25, 0.3) is 11.6 Å². The van der Waals surface area contributed by atoms with Crippen LogP contribution in [0, 0.1) is 0 Å². The van der Waals surface area contributed by atoms with Crippen molar-refractivity contribution in [1.29, 1.82) is 0 Å². The van der Waals surface area contributed by atoms with Crippen LogP contribution in [0.1, 0.15) is 25.1 Å². The maximum Gasteiger partial charge on any atom is 0.277 e. The first-order valence-corrected chi connectivity index (χ1v) is 5.11. The van der Waals surface area contributed by atoms with E-state index in [4.69, 9.17) is 16.0 Å². The van der Waals surface area contributed by atoms with Gasteiger partial charge >= 0.3 is 0 Å². The van der Waals surface area contributed by atoms with Gasteiger partial charge < -0.3 is 21.0 Å². The number of nitrogens with one attached hydrogen (secondary N) is 1. The summed E-state index contributed by atoms with van der Waals surface area (Å²) in [6, 6.07) is 0. The normalized spacial score (nSPS) is 18.3. The van der Waals surface area contributed by atoms with Crippen LogP contribution >= 0.6 is 0 Å². The number of hydrogen-bond acceptors (Lipinski definition) is 6. The van der Waals surface area contributed by atoms with E-state index in [1.54, 1.807) is 6.20 Å². The van der Waals surface area contributed by atoms with Crippen LogP contribution in [0.15, 0.2) is 10.7 Å². The second-order valence-electron chi connectivity index (χ2n) is 4.11. The van der Waals surface area contributed by atoms with Crippen molar-refractivity contribution in [2.24, 2.45) is 5.73 Å². The van der Waals surface area contributed by atoms with Crippen LogP contribution in [0.4, 0.5) is 5.95 Å². The molecule has 1 saturated carbocycles. The van der Waals surface area contributed by atoms with Gasteiger partial charge in [-0.05, 0) is 24.4 Å². The fourth-order valence-corrected chi connectivity index (χ4v) is 1.82. The number of H-pyrrole nitrogens is 1. The molecule has 0 amide bonds. The highest BCUT2D eigenvalue weighted by Gasteiger charge is 2.37. The second kappa shape index (κ2) is 3.05. The van der Waals surface area contributed by atoms with Gasteiger partial charge in [0.25, 0.3) is 11.8 Å². The highest BCUT2D eigenvalue weighted by atomic mass is 16.5. The minimum atomic E-state index is -0.316. The fourth-order valence-electron chi connectivity index (χ4n) is 1.82. The fraction of sp³-hybridized carbons (Fsp3) is 0.444. The molecule has 0 aromatic carbocycles. The maximum atomic E-state index is 6.14. The number of aromatic nitrogens is 4. The molecule has 1 aliphatic rings. The number of anilines is 1. The first kappa shape index (κ1) is 9.34. The van der Waals surface area contributed by atoms with Crippen molar-refractivity contribution >= 4 is 5.95 Å². The van der Waals surface area contributed by atoms with Gasteiger partial charge in [0.15, 0.2) is 0 Å². The predicted octanol–water partition coefficient (Wildman–Crippen LogP) is 0.380. The van der Waals surface area contributed by atoms with Gasteiger partial charge in [0.1, 0.15) is 11.5 Å². The van der Waals surface area contributed by atoms with Crippen molar-refractivity contribution in [2.75, 3.05) is 5.73 Å². The summed E-state index contributed by atoms with van der Waals surface area (Å²) in [5.41, 5.74) is 11.8. The van der Waals surface area contributed by atoms with Gasteiger partial charge in [0.2, 0.25) is 0 Å². The summed E-state index contributed by atoms with van der Waals surface area (Å²) >= 11 is 0. The standard InChI is InChI=1S/C9H12N6O/c10-8-14-6(16-15-8)5-4-12-7(13-5)9(11)2-1-3-9/h4H,1-3,11H2,(H2,10,15)(H,12,13). The number of rotatable bonds is 2. The van der Waals surface area contributed by atoms with Crippen molar-refractivity contribution in [3.05, 3.63) is 12.0 Å². The van der Waals surface area contributed by atoms with E-state index in [-0.39, 0.29) is 11.5 Å². The average molecular weight is 220 g/mol. The van der Waals surface area contributed by atoms with Crippen LogP contribution in [0.5, 0.6) is 0 Å². The molecule has 0 radical (unpaired) electrons. The molecule has 7 heteroatoms. The molecule has 0 unspecified atom stereocenters. The summed E-state index contributed by atoms with van der Waals surface area (Å²) in [5, 5.41) is 3.51. The SMILES string of the molecule is Nc1noc(-c2cnc(C3(N)CCC3)[nH]2)n1. The van der Waals surface area contributed by atoms with Gasteiger partial charge in [-0.1, -0.05) is 0 Å². The molecule has 0 bridgehead atoms. The lowest BCUT2D eigenvalue weighted by atomic mass is 9.77. The van der Waals surface area contributed by atoms with Crippen molar-refractivity contribution in [3.63, 3.8) is 0 Å². The second-order valence-corrected chi connectivity index (χ2v) is 4.11. The minimum Gasteiger partial charge on any atom is -0.365 e. The molecule has 0 aliphatic heterocycles. The van der Waals surface area contributed by atoms with Gasteiger partial charge in [0, 0.05) is 0 Å². The molecule has 1 fully saturated rings. The molecule has 1 aliphatic carbocycles. The quantitative estimate of drug-likeness (QED) is 0.673. The summed E-state index contributed by atoms with van der Waals surface area (Å²) in [6.45, 7) is 0. The number of aromatic amines is 1. The molecule has 2 heterocycles. The Morgan fingerprint density at radius 1 is 1.44 bits per heavy atom. The number of imidazole rings is 1. The Balaban J connectivity index is 1.93. The van der Waals surface area contributed by atoms with E-state index in [9.17, 15) is 0 Å². The Labute approximate surface area is 91.2 Å². The Morgan fingerprint density at radius 3 is 2.81 bits per heavy atom. The van der Waals surface area contributed by atoms with Gasteiger partial charge in [-0.2, -0.15) is 4.98 Å². The van der Waals surface area contributed by atoms with Crippen molar-refractivity contribution in [3.8, 4) is 11.6 Å². The third-order valence-corrected chi connectivity index (χ3v) is 2.97. The lowest BCUT2D eigenvalue weighted by Gasteiger charge is -2.35. The molecular formula is C9H12N6O. The molecule has 0 saturated heterocycles. The maximum absolute atomic E-state index is 6.14. The van der Waals surface area contributed by atoms with Crippen molar-refractivity contribution in [1.82, 2.24) is 20.1 Å². The number of nitrogens with two attached hydrogens (primary N) is 2. The third-order valence-electron chi connectivity index (χ3n) is 2.97. The summed E-state index contributed by atoms with van der Waals surface area (Å²) in [4.78, 5) is 11.3. The van der Waals surface area contributed by atoms with Gasteiger partial charge in [-0.15, -0.1) is 0 Å². The van der Waals surface area contributed by atoms with Crippen LogP contribution in [0.2, 0.25) is 0 Å². The molecule has 16 heavy (non-hydrogen) atoms. The highest BCUT2D eigenvalue weighted by Crippen LogP contribution is 2.37. The van der Waals surface area contributed by atoms with Gasteiger partial charge in [-0.3, -0.25) is 0 Å². The van der Waals surface area contributed by atoms with Gasteiger partial charge in [-0.25, -0.2) is 4.98 Å². The summed E-state index contributed by atoms with van der Waals surface area (Å²) in [6.07, 6.45) is 4.67. The van der Waals surface area contributed by atoms with Gasteiger partial charge in [0.05, 0.1) is 11.7 Å². The molecule has 84 valence electrons. The lowest BCUT2D eigenvalue weighted by Crippen LogP contribution is -2.44. The Hall–Kier alpha value is -1.89. The Kier molecular flexibility index (Phi) is 1.78. The van der Waals surface area contributed by atoms with E-state index >= 15 is 0 Å². The molecule has 0 atom stereocenters. The van der Waals surface area contributed by atoms with E-state index in [1.807, 2.05) is 0 Å². The molecule has 2 aromatic heterocycles. The Morgan fingerprint density at radius 2 is 2.25 bits per heavy atom. The molecule has 3 rings (SSSR count). The molecular weight excluding hydrogens is 208 g/mol. The first-order chi connectivity index (χ1) is 7.67. The predicted molar refractivity (Wildman–Crippen MR) is 56.0 cm³/mol. The lowest BCUT2D eigenvalue weighted by molar-refractivity contribution is 0.240. The number of hydrogen-bond donors (Lipinski definition) is 3. The topological polar surface area (TPSA) is 120 Å². The van der Waals surface area contributed by atoms with Crippen LogP contribution < -0.4 is 11.5 Å². The monoisotopic (exact) mass is 220 g/mol. The largest absolute Gasteiger partial charge is 0.365 e. The Bertz CT molecular complexity index is 512. The van der Waals surface area contributed by atoms with Crippen molar-refractivity contribution < 1.29 is 4.52 Å². The third kappa shape index (κ3) is 1.28. The molecule has 7 nitrogen and oxygen atoms in total. The molecule has 5 N–H and O–H groups in total. The highest BCUT2D eigenvalue weighted by molar-refractivity contribution is 5.47. The van der Waals surface area contributed by atoms with Crippen LogP contribution in [0.3, 0.4) is 0 Å².